The predicted octanol–water partition coefficient (Wildman–Crippen LogP) is 3.30. The van der Waals surface area contributed by atoms with Gasteiger partial charge in [-0.15, -0.1) is 0 Å². The first-order valence-electron chi connectivity index (χ1n) is 6.21. The summed E-state index contributed by atoms with van der Waals surface area (Å²) < 4.78 is 0. The molecule has 0 fully saturated rings. The average Bonchev–Trinajstić information content (AvgIpc) is 2.97. The van der Waals surface area contributed by atoms with E-state index in [1.54, 1.807) is 0 Å². The highest BCUT2D eigenvalue weighted by atomic mass is 16.1. The van der Waals surface area contributed by atoms with Crippen LogP contribution in [0.25, 0.3) is 22.3 Å². The lowest BCUT2D eigenvalue weighted by atomic mass is 10.0. The number of H-pyrrole nitrogens is 2. The van der Waals surface area contributed by atoms with Crippen molar-refractivity contribution in [1.82, 2.24) is 15.0 Å². The Labute approximate surface area is 110 Å². The number of imidazole rings is 1. The van der Waals surface area contributed by atoms with Crippen molar-refractivity contribution in [2.45, 2.75) is 20.8 Å². The van der Waals surface area contributed by atoms with Crippen LogP contribution in [0.5, 0.6) is 0 Å². The molecule has 3 rings (SSSR count). The molecule has 0 atom stereocenters. The molecule has 4 nitrogen and oxygen atoms in total. The van der Waals surface area contributed by atoms with Crippen LogP contribution < -0.4 is 0 Å². The van der Waals surface area contributed by atoms with Gasteiger partial charge in [0, 0.05) is 28.4 Å². The fraction of sp³-hybridized carbons (Fsp3) is 0.200. The van der Waals surface area contributed by atoms with Crippen molar-refractivity contribution < 1.29 is 4.79 Å². The first-order chi connectivity index (χ1) is 9.11. The summed E-state index contributed by atoms with van der Waals surface area (Å²) in [6.45, 7) is 6.05. The van der Waals surface area contributed by atoms with Gasteiger partial charge in [-0.3, -0.25) is 4.79 Å². The van der Waals surface area contributed by atoms with Gasteiger partial charge in [-0.25, -0.2) is 4.98 Å². The number of rotatable bonds is 2. The molecule has 0 aliphatic carbocycles. The van der Waals surface area contributed by atoms with Gasteiger partial charge in [0.25, 0.3) is 0 Å². The van der Waals surface area contributed by atoms with Crippen LogP contribution in [0.3, 0.4) is 0 Å². The monoisotopic (exact) mass is 253 g/mol. The number of aromatic nitrogens is 3. The Morgan fingerprint density at radius 1 is 1.21 bits per heavy atom. The second kappa shape index (κ2) is 4.09. The molecule has 0 amide bonds. The second-order valence-corrected chi connectivity index (χ2v) is 4.85. The highest BCUT2D eigenvalue weighted by molar-refractivity contribution is 5.96. The predicted molar refractivity (Wildman–Crippen MR) is 75.5 cm³/mol. The number of hydrogen-bond acceptors (Lipinski definition) is 2. The zero-order valence-corrected chi connectivity index (χ0v) is 11.2. The number of nitrogens with zero attached hydrogens (tertiary/aromatic N) is 1. The molecule has 19 heavy (non-hydrogen) atoms. The first kappa shape index (κ1) is 11.7. The normalized spacial score (nSPS) is 11.1. The standard InChI is InChI=1S/C15H15N3O/c1-8-4-5-11-12(6-16-14(11)9(8)2)15-17-10(3)13(7-19)18-15/h4-7,16H,1-3H3,(H,17,18). The lowest BCUT2D eigenvalue weighted by Crippen LogP contribution is -1.83. The van der Waals surface area contributed by atoms with Gasteiger partial charge in [0.15, 0.2) is 6.29 Å². The summed E-state index contributed by atoms with van der Waals surface area (Å²) in [6, 6.07) is 4.19. The molecule has 2 aromatic heterocycles. The summed E-state index contributed by atoms with van der Waals surface area (Å²) in [5, 5.41) is 1.12. The molecule has 0 unspecified atom stereocenters. The van der Waals surface area contributed by atoms with Crippen LogP contribution in [-0.4, -0.2) is 21.2 Å². The van der Waals surface area contributed by atoms with Crippen LogP contribution in [0.15, 0.2) is 18.3 Å². The molecule has 0 aliphatic rings. The molecule has 0 bridgehead atoms. The lowest BCUT2D eigenvalue weighted by Gasteiger charge is -2.01. The summed E-state index contributed by atoms with van der Waals surface area (Å²) in [7, 11) is 0. The molecule has 0 radical (unpaired) electrons. The van der Waals surface area contributed by atoms with Crippen molar-refractivity contribution in [3.63, 3.8) is 0 Å². The summed E-state index contributed by atoms with van der Waals surface area (Å²) >= 11 is 0. The number of aryl methyl sites for hydroxylation is 3. The number of carbonyl (C=O) groups excluding carboxylic acids is 1. The average molecular weight is 253 g/mol. The molecule has 0 aliphatic heterocycles. The molecule has 0 saturated heterocycles. The van der Waals surface area contributed by atoms with E-state index in [2.05, 4.69) is 40.9 Å². The number of carbonyl (C=O) groups is 1. The minimum Gasteiger partial charge on any atom is -0.360 e. The SMILES string of the molecule is Cc1ccc2c(-c3nc(C=O)c(C)[nH]3)c[nH]c2c1C. The van der Waals surface area contributed by atoms with Gasteiger partial charge in [-0.2, -0.15) is 0 Å². The Morgan fingerprint density at radius 2 is 2.00 bits per heavy atom. The quantitative estimate of drug-likeness (QED) is 0.688. The Hall–Kier alpha value is -2.36. The Kier molecular flexibility index (Phi) is 2.52. The third-order valence-electron chi connectivity index (χ3n) is 3.68. The largest absolute Gasteiger partial charge is 0.360 e. The summed E-state index contributed by atoms with van der Waals surface area (Å²) in [5.74, 6) is 0.731. The first-order valence-corrected chi connectivity index (χ1v) is 6.21. The van der Waals surface area contributed by atoms with Crippen LogP contribution in [0.4, 0.5) is 0 Å². The Morgan fingerprint density at radius 3 is 2.68 bits per heavy atom. The number of benzene rings is 1. The minimum atomic E-state index is 0.466. The smallest absolute Gasteiger partial charge is 0.170 e. The second-order valence-electron chi connectivity index (χ2n) is 4.85. The number of nitrogens with one attached hydrogen (secondary N) is 2. The molecule has 96 valence electrons. The van der Waals surface area contributed by atoms with E-state index < -0.39 is 0 Å². The maximum absolute atomic E-state index is 10.9. The summed E-state index contributed by atoms with van der Waals surface area (Å²) in [4.78, 5) is 21.7. The lowest BCUT2D eigenvalue weighted by molar-refractivity contribution is 0.111. The van der Waals surface area contributed by atoms with Crippen LogP contribution in [-0.2, 0) is 0 Å². The molecule has 1 aromatic carbocycles. The van der Waals surface area contributed by atoms with Crippen LogP contribution >= 0.6 is 0 Å². The number of fused-ring (bicyclic) bond motifs is 1. The van der Waals surface area contributed by atoms with Crippen molar-refractivity contribution in [1.29, 1.82) is 0 Å². The summed E-state index contributed by atoms with van der Waals surface area (Å²) in [5.41, 5.74) is 5.87. The minimum absolute atomic E-state index is 0.466. The number of aromatic amines is 2. The van der Waals surface area contributed by atoms with Crippen molar-refractivity contribution in [3.05, 3.63) is 40.8 Å². The van der Waals surface area contributed by atoms with Gasteiger partial charge < -0.3 is 9.97 Å². The molecule has 2 heterocycles. The fourth-order valence-corrected chi connectivity index (χ4v) is 2.36. The van der Waals surface area contributed by atoms with Gasteiger partial charge in [0.1, 0.15) is 11.5 Å². The van der Waals surface area contributed by atoms with E-state index in [0.717, 1.165) is 34.3 Å². The van der Waals surface area contributed by atoms with E-state index >= 15 is 0 Å². The highest BCUT2D eigenvalue weighted by Crippen LogP contribution is 2.30. The van der Waals surface area contributed by atoms with E-state index in [1.165, 1.54) is 11.1 Å². The Balaban J connectivity index is 2.25. The van der Waals surface area contributed by atoms with Gasteiger partial charge in [0.2, 0.25) is 0 Å². The zero-order chi connectivity index (χ0) is 13.6. The van der Waals surface area contributed by atoms with Gasteiger partial charge in [0.05, 0.1) is 0 Å². The number of aldehydes is 1. The van der Waals surface area contributed by atoms with E-state index in [-0.39, 0.29) is 0 Å². The molecule has 2 N–H and O–H groups in total. The zero-order valence-electron chi connectivity index (χ0n) is 11.2. The van der Waals surface area contributed by atoms with Gasteiger partial charge >= 0.3 is 0 Å². The maximum atomic E-state index is 10.9. The van der Waals surface area contributed by atoms with E-state index in [9.17, 15) is 4.79 Å². The van der Waals surface area contributed by atoms with Crippen molar-refractivity contribution in [2.75, 3.05) is 0 Å². The van der Waals surface area contributed by atoms with E-state index in [1.807, 2.05) is 13.1 Å². The molecule has 3 aromatic rings. The maximum Gasteiger partial charge on any atom is 0.170 e. The van der Waals surface area contributed by atoms with E-state index in [0.29, 0.717) is 5.69 Å². The molecule has 0 saturated carbocycles. The topological polar surface area (TPSA) is 61.5 Å². The summed E-state index contributed by atoms with van der Waals surface area (Å²) in [6.07, 6.45) is 2.71. The van der Waals surface area contributed by atoms with Crippen LogP contribution in [0, 0.1) is 20.8 Å². The van der Waals surface area contributed by atoms with Crippen molar-refractivity contribution in [3.8, 4) is 11.4 Å². The Bertz CT molecular complexity index is 780. The van der Waals surface area contributed by atoms with Crippen molar-refractivity contribution in [2.24, 2.45) is 0 Å². The molecule has 0 spiro atoms. The van der Waals surface area contributed by atoms with Crippen LogP contribution in [0.1, 0.15) is 27.3 Å². The third kappa shape index (κ3) is 1.68. The third-order valence-corrected chi connectivity index (χ3v) is 3.68. The van der Waals surface area contributed by atoms with E-state index in [4.69, 9.17) is 0 Å². The fourth-order valence-electron chi connectivity index (χ4n) is 2.36. The van der Waals surface area contributed by atoms with Gasteiger partial charge in [-0.1, -0.05) is 12.1 Å². The van der Waals surface area contributed by atoms with Crippen molar-refractivity contribution >= 4 is 17.2 Å². The molecular formula is C15H15N3O. The number of hydrogen-bond donors (Lipinski definition) is 2. The molecule has 4 heteroatoms. The van der Waals surface area contributed by atoms with Gasteiger partial charge in [-0.05, 0) is 31.9 Å². The molecular weight excluding hydrogens is 238 g/mol. The highest BCUT2D eigenvalue weighted by Gasteiger charge is 2.13. The van der Waals surface area contributed by atoms with Crippen LogP contribution in [0.2, 0.25) is 0 Å².